The van der Waals surface area contributed by atoms with Gasteiger partial charge in [-0.05, 0) is 38.1 Å². The molecule has 0 amide bonds. The molecule has 5 nitrogen and oxygen atoms in total. The van der Waals surface area contributed by atoms with E-state index in [1.165, 1.54) is 11.6 Å². The SMILES string of the molecule is CCC1=C2c3ccc(C(F)(F)F)cc3N=C(N3CCN(C)CC3)N2N=C(C)C1. The number of fused-ring (bicyclic) bond motifs is 3. The van der Waals surface area contributed by atoms with E-state index in [0.29, 0.717) is 11.6 Å². The number of likely N-dealkylation sites (N-methyl/N-ethyl adjacent to an activating group) is 1. The van der Waals surface area contributed by atoms with E-state index < -0.39 is 11.7 Å². The van der Waals surface area contributed by atoms with Gasteiger partial charge in [-0.1, -0.05) is 13.0 Å². The van der Waals surface area contributed by atoms with Gasteiger partial charge in [0.25, 0.3) is 0 Å². The second-order valence-electron chi connectivity index (χ2n) is 7.56. The highest BCUT2D eigenvalue weighted by Gasteiger charge is 2.36. The molecule has 1 saturated heterocycles. The van der Waals surface area contributed by atoms with Crippen molar-refractivity contribution in [1.82, 2.24) is 14.8 Å². The highest BCUT2D eigenvalue weighted by atomic mass is 19.4. The van der Waals surface area contributed by atoms with Crippen molar-refractivity contribution in [3.63, 3.8) is 0 Å². The minimum Gasteiger partial charge on any atom is -0.338 e. The molecule has 1 aromatic carbocycles. The lowest BCUT2D eigenvalue weighted by Crippen LogP contribution is -2.52. The van der Waals surface area contributed by atoms with Crippen LogP contribution in [0.2, 0.25) is 0 Å². The summed E-state index contributed by atoms with van der Waals surface area (Å²) in [6, 6.07) is 3.84. The number of allylic oxidation sites excluding steroid dienone is 1. The van der Waals surface area contributed by atoms with Gasteiger partial charge in [-0.15, -0.1) is 0 Å². The van der Waals surface area contributed by atoms with Crippen LogP contribution in [0.15, 0.2) is 33.9 Å². The maximum Gasteiger partial charge on any atom is 0.416 e. The molecule has 150 valence electrons. The largest absolute Gasteiger partial charge is 0.416 e. The topological polar surface area (TPSA) is 34.4 Å². The van der Waals surface area contributed by atoms with Crippen LogP contribution in [0.25, 0.3) is 5.70 Å². The molecule has 8 heteroatoms. The minimum atomic E-state index is -4.39. The van der Waals surface area contributed by atoms with E-state index in [9.17, 15) is 13.2 Å². The first-order valence-electron chi connectivity index (χ1n) is 9.58. The third-order valence-corrected chi connectivity index (χ3v) is 5.49. The number of rotatable bonds is 1. The van der Waals surface area contributed by atoms with E-state index in [1.54, 1.807) is 0 Å². The molecule has 0 saturated carbocycles. The average molecular weight is 391 g/mol. The smallest absolute Gasteiger partial charge is 0.338 e. The summed E-state index contributed by atoms with van der Waals surface area (Å²) in [5.41, 5.74) is 3.47. The highest BCUT2D eigenvalue weighted by molar-refractivity contribution is 6.02. The predicted molar refractivity (Wildman–Crippen MR) is 104 cm³/mol. The summed E-state index contributed by atoms with van der Waals surface area (Å²) >= 11 is 0. The maximum absolute atomic E-state index is 13.3. The quantitative estimate of drug-likeness (QED) is 0.721. The molecule has 0 atom stereocenters. The summed E-state index contributed by atoms with van der Waals surface area (Å²) in [5.74, 6) is 0.625. The Balaban J connectivity index is 1.87. The Morgan fingerprint density at radius 1 is 1.11 bits per heavy atom. The third-order valence-electron chi connectivity index (χ3n) is 5.49. The fraction of sp³-hybridized carbons (Fsp3) is 0.500. The Kier molecular flexibility index (Phi) is 4.69. The molecule has 1 aromatic rings. The number of alkyl halides is 3. The van der Waals surface area contributed by atoms with Crippen molar-refractivity contribution in [1.29, 1.82) is 0 Å². The molecule has 0 radical (unpaired) electrons. The number of benzene rings is 1. The first kappa shape index (κ1) is 19.0. The molecular formula is C20H24F3N5. The van der Waals surface area contributed by atoms with E-state index in [2.05, 4.69) is 28.8 Å². The van der Waals surface area contributed by atoms with Crippen molar-refractivity contribution in [2.75, 3.05) is 33.2 Å². The van der Waals surface area contributed by atoms with Gasteiger partial charge in [-0.2, -0.15) is 23.3 Å². The number of hydrogen-bond acceptors (Lipinski definition) is 5. The number of hydrazone groups is 1. The van der Waals surface area contributed by atoms with E-state index in [0.717, 1.165) is 68.1 Å². The molecule has 3 aliphatic rings. The maximum atomic E-state index is 13.3. The molecule has 1 fully saturated rings. The van der Waals surface area contributed by atoms with Crippen LogP contribution in [0.1, 0.15) is 37.8 Å². The van der Waals surface area contributed by atoms with Crippen molar-refractivity contribution < 1.29 is 13.2 Å². The number of aliphatic imine (C=N–C) groups is 1. The molecule has 0 N–H and O–H groups in total. The minimum absolute atomic E-state index is 0.371. The number of piperazine rings is 1. The molecule has 0 aliphatic carbocycles. The molecule has 0 aromatic heterocycles. The van der Waals surface area contributed by atoms with Gasteiger partial charge in [0, 0.05) is 43.9 Å². The summed E-state index contributed by atoms with van der Waals surface area (Å²) in [7, 11) is 2.06. The first-order chi connectivity index (χ1) is 13.3. The Labute approximate surface area is 162 Å². The summed E-state index contributed by atoms with van der Waals surface area (Å²) in [6.45, 7) is 7.35. The van der Waals surface area contributed by atoms with Gasteiger partial charge in [0.05, 0.1) is 16.9 Å². The van der Waals surface area contributed by atoms with Gasteiger partial charge >= 0.3 is 6.18 Å². The highest BCUT2D eigenvalue weighted by Crippen LogP contribution is 2.43. The van der Waals surface area contributed by atoms with Crippen molar-refractivity contribution in [3.05, 3.63) is 34.9 Å². The fourth-order valence-corrected chi connectivity index (χ4v) is 3.91. The zero-order valence-electron chi connectivity index (χ0n) is 16.3. The summed E-state index contributed by atoms with van der Waals surface area (Å²) in [4.78, 5) is 9.02. The number of nitrogens with zero attached hydrogens (tertiary/aromatic N) is 5. The van der Waals surface area contributed by atoms with Gasteiger partial charge in [0.2, 0.25) is 5.96 Å². The van der Waals surface area contributed by atoms with Crippen LogP contribution < -0.4 is 0 Å². The second kappa shape index (κ2) is 6.92. The van der Waals surface area contributed by atoms with Crippen LogP contribution in [0.3, 0.4) is 0 Å². The van der Waals surface area contributed by atoms with Crippen molar-refractivity contribution in [3.8, 4) is 0 Å². The zero-order valence-corrected chi connectivity index (χ0v) is 16.3. The van der Waals surface area contributed by atoms with Gasteiger partial charge < -0.3 is 9.80 Å². The molecule has 0 spiro atoms. The van der Waals surface area contributed by atoms with E-state index in [1.807, 2.05) is 11.9 Å². The van der Waals surface area contributed by atoms with Gasteiger partial charge in [0.1, 0.15) is 0 Å². The second-order valence-corrected chi connectivity index (χ2v) is 7.56. The van der Waals surface area contributed by atoms with Crippen LogP contribution >= 0.6 is 0 Å². The molecule has 3 heterocycles. The molecule has 4 rings (SSSR count). The number of hydrogen-bond donors (Lipinski definition) is 0. The normalized spacial score (nSPS) is 20.6. The monoisotopic (exact) mass is 391 g/mol. The van der Waals surface area contributed by atoms with Crippen LogP contribution in [-0.2, 0) is 6.18 Å². The first-order valence-corrected chi connectivity index (χ1v) is 9.58. The zero-order chi connectivity index (χ0) is 20.1. The number of halogens is 3. The average Bonchev–Trinajstić information content (AvgIpc) is 2.66. The van der Waals surface area contributed by atoms with E-state index in [-0.39, 0.29) is 0 Å². The molecule has 3 aliphatic heterocycles. The molecule has 28 heavy (non-hydrogen) atoms. The summed E-state index contributed by atoms with van der Waals surface area (Å²) in [5, 5.41) is 6.58. The fourth-order valence-electron chi connectivity index (χ4n) is 3.91. The Hall–Kier alpha value is -2.35. The van der Waals surface area contributed by atoms with Gasteiger partial charge in [0.15, 0.2) is 0 Å². The van der Waals surface area contributed by atoms with Gasteiger partial charge in [-0.25, -0.2) is 4.99 Å². The van der Waals surface area contributed by atoms with Crippen molar-refractivity contribution >= 4 is 23.1 Å². The van der Waals surface area contributed by atoms with Crippen molar-refractivity contribution in [2.24, 2.45) is 10.1 Å². The number of guanidine groups is 1. The van der Waals surface area contributed by atoms with Gasteiger partial charge in [-0.3, -0.25) is 0 Å². The van der Waals surface area contributed by atoms with Crippen molar-refractivity contribution in [2.45, 2.75) is 32.9 Å². The predicted octanol–water partition coefficient (Wildman–Crippen LogP) is 4.16. The molecular weight excluding hydrogens is 367 g/mol. The molecule has 0 unspecified atom stereocenters. The van der Waals surface area contributed by atoms with Crippen LogP contribution in [0.5, 0.6) is 0 Å². The Morgan fingerprint density at radius 2 is 1.82 bits per heavy atom. The lowest BCUT2D eigenvalue weighted by atomic mass is 9.95. The summed E-state index contributed by atoms with van der Waals surface area (Å²) < 4.78 is 39.8. The van der Waals surface area contributed by atoms with Crippen LogP contribution in [-0.4, -0.2) is 59.7 Å². The van der Waals surface area contributed by atoms with Crippen LogP contribution in [0, 0.1) is 0 Å². The standard InChI is InChI=1S/C20H24F3N5/c1-4-14-11-13(2)25-28-18(14)16-6-5-15(20(21,22)23)12-17(16)24-19(28)27-9-7-26(3)8-10-27/h5-6,12H,4,7-11H2,1-3H3. The Bertz CT molecular complexity index is 876. The van der Waals surface area contributed by atoms with Crippen LogP contribution in [0.4, 0.5) is 18.9 Å². The lowest BCUT2D eigenvalue weighted by Gasteiger charge is -2.41. The van der Waals surface area contributed by atoms with E-state index >= 15 is 0 Å². The molecule has 0 bridgehead atoms. The third kappa shape index (κ3) is 3.30. The van der Waals surface area contributed by atoms with E-state index in [4.69, 9.17) is 5.10 Å². The lowest BCUT2D eigenvalue weighted by molar-refractivity contribution is -0.137. The Morgan fingerprint density at radius 3 is 2.46 bits per heavy atom. The summed E-state index contributed by atoms with van der Waals surface area (Å²) in [6.07, 6.45) is -2.84.